The first-order chi connectivity index (χ1) is 14.0. The van der Waals surface area contributed by atoms with Gasteiger partial charge in [0.05, 0.1) is 12.0 Å². The number of thiazole rings is 1. The van der Waals surface area contributed by atoms with Gasteiger partial charge in [-0.1, -0.05) is 0 Å². The van der Waals surface area contributed by atoms with E-state index in [0.717, 1.165) is 20.1 Å². The van der Waals surface area contributed by atoms with E-state index in [1.165, 1.54) is 11.3 Å². The molecule has 6 nitrogen and oxygen atoms in total. The van der Waals surface area contributed by atoms with Crippen LogP contribution in [0.2, 0.25) is 0 Å². The number of thiophene rings is 1. The molecule has 29 heavy (non-hydrogen) atoms. The Hall–Kier alpha value is -2.23. The topological polar surface area (TPSA) is 62.7 Å². The van der Waals surface area contributed by atoms with Gasteiger partial charge in [0.1, 0.15) is 16.5 Å². The van der Waals surface area contributed by atoms with E-state index in [2.05, 4.69) is 20.9 Å². The maximum Gasteiger partial charge on any atom is 0.273 e. The largest absolute Gasteiger partial charge is 0.497 e. The molecule has 0 unspecified atom stereocenters. The lowest BCUT2D eigenvalue weighted by Gasteiger charge is -2.34. The fourth-order valence-corrected chi connectivity index (χ4v) is 5.40. The van der Waals surface area contributed by atoms with E-state index in [1.807, 2.05) is 11.4 Å². The number of piperazine rings is 1. The van der Waals surface area contributed by atoms with Crippen molar-refractivity contribution in [1.82, 2.24) is 14.8 Å². The summed E-state index contributed by atoms with van der Waals surface area (Å²) in [6.45, 7) is 2.01. The number of amides is 2. The molecule has 4 rings (SSSR count). The van der Waals surface area contributed by atoms with Gasteiger partial charge in [-0.05, 0) is 46.3 Å². The molecule has 2 amide bonds. The lowest BCUT2D eigenvalue weighted by atomic mass is 10.1. The van der Waals surface area contributed by atoms with Crippen LogP contribution in [0.1, 0.15) is 20.8 Å². The number of aromatic nitrogens is 1. The number of rotatable bonds is 4. The quantitative estimate of drug-likeness (QED) is 0.547. The van der Waals surface area contributed by atoms with Crippen LogP contribution in [0, 0.1) is 0 Å². The molecule has 0 saturated carbocycles. The molecular formula is C20H18BrN3O3S2. The minimum atomic E-state index is -0.0836. The van der Waals surface area contributed by atoms with Gasteiger partial charge in [-0.3, -0.25) is 9.59 Å². The van der Waals surface area contributed by atoms with Crippen LogP contribution in [0.5, 0.6) is 5.75 Å². The summed E-state index contributed by atoms with van der Waals surface area (Å²) in [7, 11) is 1.59. The Morgan fingerprint density at radius 1 is 1.00 bits per heavy atom. The van der Waals surface area contributed by atoms with Gasteiger partial charge in [0, 0.05) is 47.0 Å². The number of methoxy groups -OCH3 is 1. The summed E-state index contributed by atoms with van der Waals surface area (Å²) in [5, 5.41) is 4.65. The zero-order valence-corrected chi connectivity index (χ0v) is 18.8. The number of benzene rings is 1. The normalized spacial score (nSPS) is 14.1. The van der Waals surface area contributed by atoms with Gasteiger partial charge in [-0.25, -0.2) is 4.98 Å². The Bertz CT molecular complexity index is 1020. The standard InChI is InChI=1S/C20H18BrN3O3S2/c1-27-15-4-2-13(3-5-15)19(25)23-6-8-24(9-7-23)20(26)16-12-29-18(22-16)17-10-14(21)11-28-17/h2-5,10-12H,6-9H2,1H3. The minimum Gasteiger partial charge on any atom is -0.497 e. The van der Waals surface area contributed by atoms with Crippen LogP contribution in [0.4, 0.5) is 0 Å². The van der Waals surface area contributed by atoms with Crippen LogP contribution in [-0.2, 0) is 0 Å². The third-order valence-corrected chi connectivity index (χ3v) is 7.40. The van der Waals surface area contributed by atoms with Gasteiger partial charge in [0.2, 0.25) is 0 Å². The zero-order valence-electron chi connectivity index (χ0n) is 15.6. The Morgan fingerprint density at radius 2 is 1.66 bits per heavy atom. The van der Waals surface area contributed by atoms with Crippen molar-refractivity contribution in [2.75, 3.05) is 33.3 Å². The number of nitrogens with zero attached hydrogens (tertiary/aromatic N) is 3. The molecule has 0 spiro atoms. The van der Waals surface area contributed by atoms with Crippen LogP contribution in [0.15, 0.2) is 45.6 Å². The Labute approximate surface area is 184 Å². The monoisotopic (exact) mass is 491 g/mol. The molecule has 1 saturated heterocycles. The molecule has 3 aromatic rings. The summed E-state index contributed by atoms with van der Waals surface area (Å²) < 4.78 is 6.14. The summed E-state index contributed by atoms with van der Waals surface area (Å²) >= 11 is 6.50. The van der Waals surface area contributed by atoms with Gasteiger partial charge < -0.3 is 14.5 Å². The van der Waals surface area contributed by atoms with Crippen molar-refractivity contribution >= 4 is 50.4 Å². The number of hydrogen-bond acceptors (Lipinski definition) is 6. The third kappa shape index (κ3) is 4.36. The summed E-state index contributed by atoms with van der Waals surface area (Å²) in [5.74, 6) is 0.605. The van der Waals surface area contributed by atoms with Gasteiger partial charge in [0.15, 0.2) is 0 Å². The molecule has 1 fully saturated rings. The first-order valence-corrected chi connectivity index (χ1v) is 11.5. The summed E-state index contributed by atoms with van der Waals surface area (Å²) in [6.07, 6.45) is 0. The van der Waals surface area contributed by atoms with Crippen molar-refractivity contribution in [3.05, 3.63) is 56.8 Å². The van der Waals surface area contributed by atoms with Crippen molar-refractivity contribution < 1.29 is 14.3 Å². The van der Waals surface area contributed by atoms with Gasteiger partial charge in [0.25, 0.3) is 11.8 Å². The Kier molecular flexibility index (Phi) is 5.98. The predicted octanol–water partition coefficient (Wildman–Crippen LogP) is 4.24. The summed E-state index contributed by atoms with van der Waals surface area (Å²) in [5.41, 5.74) is 1.08. The average Bonchev–Trinajstić information content (AvgIpc) is 3.42. The van der Waals surface area contributed by atoms with Crippen molar-refractivity contribution in [3.8, 4) is 15.6 Å². The first kappa shape index (κ1) is 20.1. The van der Waals surface area contributed by atoms with Crippen molar-refractivity contribution in [3.63, 3.8) is 0 Å². The molecule has 9 heteroatoms. The van der Waals surface area contributed by atoms with Crippen LogP contribution >= 0.6 is 38.6 Å². The van der Waals surface area contributed by atoms with Crippen molar-refractivity contribution in [1.29, 1.82) is 0 Å². The lowest BCUT2D eigenvalue weighted by molar-refractivity contribution is 0.0533. The van der Waals surface area contributed by atoms with E-state index in [1.54, 1.807) is 57.9 Å². The molecular weight excluding hydrogens is 474 g/mol. The SMILES string of the molecule is COc1ccc(C(=O)N2CCN(C(=O)c3csc(-c4cc(Br)cs4)n3)CC2)cc1. The number of halogens is 1. The molecule has 0 bridgehead atoms. The van der Waals surface area contributed by atoms with Crippen LogP contribution in [0.3, 0.4) is 0 Å². The molecule has 2 aromatic heterocycles. The summed E-state index contributed by atoms with van der Waals surface area (Å²) in [4.78, 5) is 34.6. The van der Waals surface area contributed by atoms with Crippen molar-refractivity contribution in [2.24, 2.45) is 0 Å². The number of ether oxygens (including phenoxy) is 1. The Balaban J connectivity index is 1.37. The lowest BCUT2D eigenvalue weighted by Crippen LogP contribution is -2.50. The molecule has 1 aliphatic heterocycles. The van der Waals surface area contributed by atoms with Crippen LogP contribution in [-0.4, -0.2) is 59.9 Å². The molecule has 0 aliphatic carbocycles. The molecule has 0 N–H and O–H groups in total. The Morgan fingerprint density at radius 3 is 2.24 bits per heavy atom. The van der Waals surface area contributed by atoms with E-state index >= 15 is 0 Å². The highest BCUT2D eigenvalue weighted by Crippen LogP contribution is 2.32. The highest BCUT2D eigenvalue weighted by Gasteiger charge is 2.27. The summed E-state index contributed by atoms with van der Waals surface area (Å²) in [6, 6.07) is 9.08. The highest BCUT2D eigenvalue weighted by molar-refractivity contribution is 9.10. The predicted molar refractivity (Wildman–Crippen MR) is 118 cm³/mol. The van der Waals surface area contributed by atoms with E-state index in [-0.39, 0.29) is 11.8 Å². The molecule has 1 aliphatic rings. The van der Waals surface area contributed by atoms with E-state index in [4.69, 9.17) is 4.74 Å². The van der Waals surface area contributed by atoms with E-state index in [9.17, 15) is 9.59 Å². The van der Waals surface area contributed by atoms with Crippen molar-refractivity contribution in [2.45, 2.75) is 0 Å². The average molecular weight is 492 g/mol. The molecule has 0 radical (unpaired) electrons. The van der Waals surface area contributed by atoms with E-state index < -0.39 is 0 Å². The number of carbonyl (C=O) groups is 2. The molecule has 150 valence electrons. The third-order valence-electron chi connectivity index (χ3n) is 4.69. The van der Waals surface area contributed by atoms with Gasteiger partial charge in [-0.15, -0.1) is 22.7 Å². The zero-order chi connectivity index (χ0) is 20.4. The smallest absolute Gasteiger partial charge is 0.273 e. The second kappa shape index (κ2) is 8.64. The van der Waals surface area contributed by atoms with Gasteiger partial charge in [-0.2, -0.15) is 0 Å². The second-order valence-electron chi connectivity index (χ2n) is 6.48. The highest BCUT2D eigenvalue weighted by atomic mass is 79.9. The number of carbonyl (C=O) groups excluding carboxylic acids is 2. The van der Waals surface area contributed by atoms with E-state index in [0.29, 0.717) is 37.4 Å². The number of hydrogen-bond donors (Lipinski definition) is 0. The van der Waals surface area contributed by atoms with Crippen LogP contribution in [0.25, 0.3) is 9.88 Å². The second-order valence-corrected chi connectivity index (χ2v) is 9.16. The maximum atomic E-state index is 12.8. The maximum absolute atomic E-state index is 12.8. The van der Waals surface area contributed by atoms with Crippen LogP contribution < -0.4 is 4.74 Å². The minimum absolute atomic E-state index is 0.0287. The first-order valence-electron chi connectivity index (χ1n) is 8.97. The fraction of sp³-hybridized carbons (Fsp3) is 0.250. The molecule has 0 atom stereocenters. The molecule has 3 heterocycles. The fourth-order valence-electron chi connectivity index (χ4n) is 3.10. The molecule has 1 aromatic carbocycles. The van der Waals surface area contributed by atoms with Gasteiger partial charge >= 0.3 is 0 Å².